The maximum atomic E-state index is 12.3. The number of benzene rings is 2. The van der Waals surface area contributed by atoms with Gasteiger partial charge in [0.25, 0.3) is 5.91 Å². The SMILES string of the molecule is CSc1ccc(-c2nnc(NC(=O)c3ccc(C)cc3C)o2)cc1. The summed E-state index contributed by atoms with van der Waals surface area (Å²) < 4.78 is 5.54. The van der Waals surface area contributed by atoms with Crippen LogP contribution in [0.1, 0.15) is 21.5 Å². The van der Waals surface area contributed by atoms with E-state index in [4.69, 9.17) is 4.42 Å². The normalized spacial score (nSPS) is 10.6. The number of nitrogens with zero attached hydrogens (tertiary/aromatic N) is 2. The average Bonchev–Trinajstić information content (AvgIpc) is 3.03. The number of nitrogens with one attached hydrogen (secondary N) is 1. The Hall–Kier alpha value is -2.60. The minimum absolute atomic E-state index is 0.0870. The number of aromatic nitrogens is 2. The zero-order valence-electron chi connectivity index (χ0n) is 13.7. The fraction of sp³-hybridized carbons (Fsp3) is 0.167. The summed E-state index contributed by atoms with van der Waals surface area (Å²) in [6, 6.07) is 13.5. The molecular formula is C18H17N3O2S. The molecule has 1 N–H and O–H groups in total. The summed E-state index contributed by atoms with van der Waals surface area (Å²) in [6.07, 6.45) is 2.02. The molecule has 0 saturated carbocycles. The Bertz CT molecular complexity index is 872. The topological polar surface area (TPSA) is 68.0 Å². The van der Waals surface area contributed by atoms with Crippen LogP contribution in [-0.2, 0) is 0 Å². The van der Waals surface area contributed by atoms with Crippen LogP contribution in [0.15, 0.2) is 51.8 Å². The second kappa shape index (κ2) is 6.88. The van der Waals surface area contributed by atoms with Crippen molar-refractivity contribution in [2.45, 2.75) is 18.7 Å². The third kappa shape index (κ3) is 3.49. The largest absolute Gasteiger partial charge is 0.403 e. The van der Waals surface area contributed by atoms with Gasteiger partial charge >= 0.3 is 6.01 Å². The molecule has 5 nitrogen and oxygen atoms in total. The Balaban J connectivity index is 1.76. The molecule has 1 heterocycles. The van der Waals surface area contributed by atoms with Crippen molar-refractivity contribution in [3.8, 4) is 11.5 Å². The lowest BCUT2D eigenvalue weighted by molar-refractivity contribution is 0.102. The van der Waals surface area contributed by atoms with E-state index in [0.29, 0.717) is 11.5 Å². The van der Waals surface area contributed by atoms with Crippen LogP contribution in [0.25, 0.3) is 11.5 Å². The van der Waals surface area contributed by atoms with Gasteiger partial charge in [0, 0.05) is 16.0 Å². The van der Waals surface area contributed by atoms with Gasteiger partial charge in [-0.1, -0.05) is 22.8 Å². The van der Waals surface area contributed by atoms with Gasteiger partial charge in [0.15, 0.2) is 0 Å². The van der Waals surface area contributed by atoms with E-state index in [9.17, 15) is 4.79 Å². The smallest absolute Gasteiger partial charge is 0.322 e. The summed E-state index contributed by atoms with van der Waals surface area (Å²) in [7, 11) is 0. The third-order valence-electron chi connectivity index (χ3n) is 3.61. The molecule has 0 saturated heterocycles. The zero-order chi connectivity index (χ0) is 17.1. The van der Waals surface area contributed by atoms with Crippen LogP contribution in [0.2, 0.25) is 0 Å². The summed E-state index contributed by atoms with van der Waals surface area (Å²) in [5, 5.41) is 10.5. The van der Waals surface area contributed by atoms with Gasteiger partial charge in [0.2, 0.25) is 5.89 Å². The van der Waals surface area contributed by atoms with E-state index in [2.05, 4.69) is 15.5 Å². The molecule has 0 unspecified atom stereocenters. The lowest BCUT2D eigenvalue weighted by Gasteiger charge is -2.05. The standard InChI is InChI=1S/C18H17N3O2S/c1-11-4-9-15(12(2)10-11)16(22)19-18-21-20-17(23-18)13-5-7-14(24-3)8-6-13/h4-10H,1-3H3,(H,19,21,22). The number of carbonyl (C=O) groups is 1. The predicted molar refractivity (Wildman–Crippen MR) is 95.4 cm³/mol. The van der Waals surface area contributed by atoms with Crippen LogP contribution in [0.4, 0.5) is 6.01 Å². The van der Waals surface area contributed by atoms with Crippen LogP contribution in [0.3, 0.4) is 0 Å². The molecule has 122 valence electrons. The van der Waals surface area contributed by atoms with E-state index in [1.807, 2.05) is 56.5 Å². The van der Waals surface area contributed by atoms with Gasteiger partial charge in [-0.15, -0.1) is 16.9 Å². The minimum Gasteiger partial charge on any atom is -0.403 e. The highest BCUT2D eigenvalue weighted by molar-refractivity contribution is 7.98. The Morgan fingerprint density at radius 3 is 2.50 bits per heavy atom. The first-order valence-electron chi connectivity index (χ1n) is 7.43. The molecule has 3 aromatic rings. The van der Waals surface area contributed by atoms with Crippen molar-refractivity contribution in [3.63, 3.8) is 0 Å². The number of anilines is 1. The quantitative estimate of drug-likeness (QED) is 0.717. The van der Waals surface area contributed by atoms with E-state index in [-0.39, 0.29) is 11.9 Å². The molecule has 0 radical (unpaired) electrons. The van der Waals surface area contributed by atoms with Crippen molar-refractivity contribution >= 4 is 23.7 Å². The maximum absolute atomic E-state index is 12.3. The van der Waals surface area contributed by atoms with E-state index in [1.54, 1.807) is 17.8 Å². The summed E-state index contributed by atoms with van der Waals surface area (Å²) in [4.78, 5) is 13.5. The number of amides is 1. The second-order valence-corrected chi connectivity index (χ2v) is 6.29. The van der Waals surface area contributed by atoms with Crippen molar-refractivity contribution in [2.75, 3.05) is 11.6 Å². The van der Waals surface area contributed by atoms with Crippen molar-refractivity contribution < 1.29 is 9.21 Å². The number of aryl methyl sites for hydroxylation is 2. The monoisotopic (exact) mass is 339 g/mol. The molecule has 0 aliphatic heterocycles. The number of rotatable bonds is 4. The molecule has 0 fully saturated rings. The molecule has 2 aromatic carbocycles. The summed E-state index contributed by atoms with van der Waals surface area (Å²) >= 11 is 1.66. The van der Waals surface area contributed by atoms with Crippen LogP contribution in [0, 0.1) is 13.8 Å². The molecule has 1 aromatic heterocycles. The predicted octanol–water partition coefficient (Wildman–Crippen LogP) is 4.33. The first-order chi connectivity index (χ1) is 11.6. The average molecular weight is 339 g/mol. The highest BCUT2D eigenvalue weighted by Crippen LogP contribution is 2.23. The van der Waals surface area contributed by atoms with Crippen LogP contribution >= 0.6 is 11.8 Å². The van der Waals surface area contributed by atoms with Crippen LogP contribution in [-0.4, -0.2) is 22.4 Å². The number of hydrogen-bond acceptors (Lipinski definition) is 5. The Morgan fingerprint density at radius 2 is 1.83 bits per heavy atom. The summed E-state index contributed by atoms with van der Waals surface area (Å²) in [5.74, 6) is 0.110. The fourth-order valence-corrected chi connectivity index (χ4v) is 2.77. The third-order valence-corrected chi connectivity index (χ3v) is 4.35. The van der Waals surface area contributed by atoms with Gasteiger partial charge in [-0.3, -0.25) is 10.1 Å². The molecule has 0 bridgehead atoms. The van der Waals surface area contributed by atoms with Gasteiger partial charge in [-0.2, -0.15) is 0 Å². The van der Waals surface area contributed by atoms with Crippen LogP contribution in [0.5, 0.6) is 0 Å². The molecule has 3 rings (SSSR count). The van der Waals surface area contributed by atoms with E-state index >= 15 is 0 Å². The van der Waals surface area contributed by atoms with Gasteiger partial charge in [0.1, 0.15) is 0 Å². The lowest BCUT2D eigenvalue weighted by Crippen LogP contribution is -2.13. The summed E-state index contributed by atoms with van der Waals surface area (Å²) in [5.41, 5.74) is 3.41. The number of carbonyl (C=O) groups excluding carboxylic acids is 1. The van der Waals surface area contributed by atoms with Crippen molar-refractivity contribution in [1.82, 2.24) is 10.2 Å². The molecule has 0 aliphatic rings. The molecule has 0 spiro atoms. The molecule has 1 amide bonds. The first kappa shape index (κ1) is 16.3. The number of hydrogen-bond donors (Lipinski definition) is 1. The van der Waals surface area contributed by atoms with Gasteiger partial charge in [-0.25, -0.2) is 0 Å². The van der Waals surface area contributed by atoms with Gasteiger partial charge < -0.3 is 4.42 Å². The molecule has 0 atom stereocenters. The highest BCUT2D eigenvalue weighted by Gasteiger charge is 2.14. The highest BCUT2D eigenvalue weighted by atomic mass is 32.2. The first-order valence-corrected chi connectivity index (χ1v) is 8.66. The van der Waals surface area contributed by atoms with Gasteiger partial charge in [0.05, 0.1) is 0 Å². The Labute approximate surface area is 144 Å². The van der Waals surface area contributed by atoms with Gasteiger partial charge in [-0.05, 0) is 56.0 Å². The molecular weight excluding hydrogens is 322 g/mol. The lowest BCUT2D eigenvalue weighted by atomic mass is 10.1. The van der Waals surface area contributed by atoms with E-state index in [0.717, 1.165) is 21.6 Å². The van der Waals surface area contributed by atoms with Crippen molar-refractivity contribution in [3.05, 3.63) is 59.2 Å². The number of thioether (sulfide) groups is 1. The van der Waals surface area contributed by atoms with Crippen LogP contribution < -0.4 is 5.32 Å². The van der Waals surface area contributed by atoms with Crippen molar-refractivity contribution in [2.24, 2.45) is 0 Å². The summed E-state index contributed by atoms with van der Waals surface area (Å²) in [6.45, 7) is 3.88. The minimum atomic E-state index is -0.263. The second-order valence-electron chi connectivity index (χ2n) is 5.41. The Morgan fingerprint density at radius 1 is 1.08 bits per heavy atom. The molecule has 24 heavy (non-hydrogen) atoms. The molecule has 6 heteroatoms. The Kier molecular flexibility index (Phi) is 4.66. The zero-order valence-corrected chi connectivity index (χ0v) is 14.5. The molecule has 0 aliphatic carbocycles. The maximum Gasteiger partial charge on any atom is 0.322 e. The fourth-order valence-electron chi connectivity index (χ4n) is 2.36. The van der Waals surface area contributed by atoms with E-state index < -0.39 is 0 Å². The van der Waals surface area contributed by atoms with E-state index in [1.165, 1.54) is 0 Å². The van der Waals surface area contributed by atoms with Crippen molar-refractivity contribution in [1.29, 1.82) is 0 Å².